The first kappa shape index (κ1) is 10.0. The second-order valence-electron chi connectivity index (χ2n) is 4.45. The Bertz CT molecular complexity index is 415. The molecule has 16 heavy (non-hydrogen) atoms. The van der Waals surface area contributed by atoms with Crippen LogP contribution in [0.3, 0.4) is 0 Å². The Morgan fingerprint density at radius 1 is 1.44 bits per heavy atom. The van der Waals surface area contributed by atoms with E-state index in [9.17, 15) is 4.79 Å². The minimum atomic E-state index is 0.209. The van der Waals surface area contributed by atoms with Crippen LogP contribution in [0.15, 0.2) is 0 Å². The number of hydrogen-bond acceptors (Lipinski definition) is 5. The number of carbonyl (C=O) groups is 1. The van der Waals surface area contributed by atoms with Gasteiger partial charge in [0.15, 0.2) is 0 Å². The molecule has 2 fully saturated rings. The lowest BCUT2D eigenvalue weighted by atomic mass is 10.3. The van der Waals surface area contributed by atoms with Crippen molar-refractivity contribution in [1.82, 2.24) is 15.1 Å². The van der Waals surface area contributed by atoms with Crippen molar-refractivity contribution >= 4 is 22.4 Å². The minimum absolute atomic E-state index is 0.209. The van der Waals surface area contributed by atoms with Crippen LogP contribution in [0.4, 0.5) is 5.13 Å². The maximum Gasteiger partial charge on any atom is 0.225 e. The number of anilines is 1. The van der Waals surface area contributed by atoms with Gasteiger partial charge in [-0.3, -0.25) is 4.79 Å². The highest BCUT2D eigenvalue weighted by molar-refractivity contribution is 7.15. The number of aryl methyl sites for hydroxylation is 1. The number of likely N-dealkylation sites (tertiary alicyclic amines) is 1. The second-order valence-corrected chi connectivity index (χ2v) is 5.63. The fourth-order valence-corrected chi connectivity index (χ4v) is 2.77. The highest BCUT2D eigenvalue weighted by Crippen LogP contribution is 2.31. The molecule has 86 valence electrons. The predicted molar refractivity (Wildman–Crippen MR) is 61.4 cm³/mol. The molecule has 0 radical (unpaired) electrons. The average molecular weight is 238 g/mol. The number of rotatable bonds is 3. The topological polar surface area (TPSA) is 58.1 Å². The molecule has 1 atom stereocenters. The summed E-state index contributed by atoms with van der Waals surface area (Å²) in [5, 5.41) is 13.0. The van der Waals surface area contributed by atoms with Gasteiger partial charge in [-0.05, 0) is 19.8 Å². The average Bonchev–Trinajstić information content (AvgIpc) is 2.91. The summed E-state index contributed by atoms with van der Waals surface area (Å²) in [5.41, 5.74) is 0. The molecule has 1 amide bonds. The van der Waals surface area contributed by atoms with Crippen LogP contribution in [0.25, 0.3) is 0 Å². The zero-order valence-corrected chi connectivity index (χ0v) is 9.96. The molecule has 3 rings (SSSR count). The lowest BCUT2D eigenvalue weighted by Crippen LogP contribution is -2.29. The van der Waals surface area contributed by atoms with E-state index in [0.717, 1.165) is 16.7 Å². The Labute approximate surface area is 97.9 Å². The van der Waals surface area contributed by atoms with Crippen molar-refractivity contribution in [2.45, 2.75) is 38.3 Å². The molecule has 1 N–H and O–H groups in total. The van der Waals surface area contributed by atoms with Crippen LogP contribution in [0.5, 0.6) is 0 Å². The quantitative estimate of drug-likeness (QED) is 0.854. The molecule has 1 aromatic rings. The van der Waals surface area contributed by atoms with Crippen LogP contribution in [-0.4, -0.2) is 39.6 Å². The number of carbonyl (C=O) groups excluding carboxylic acids is 1. The maximum absolute atomic E-state index is 11.7. The van der Waals surface area contributed by atoms with Gasteiger partial charge in [-0.1, -0.05) is 11.3 Å². The van der Waals surface area contributed by atoms with Crippen molar-refractivity contribution in [2.75, 3.05) is 11.9 Å². The second kappa shape index (κ2) is 3.69. The molecule has 1 aliphatic heterocycles. The summed E-state index contributed by atoms with van der Waals surface area (Å²) in [6.45, 7) is 2.75. The predicted octanol–water partition coefficient (Wildman–Crippen LogP) is 1.02. The smallest absolute Gasteiger partial charge is 0.225 e. The highest BCUT2D eigenvalue weighted by atomic mass is 32.1. The highest BCUT2D eigenvalue weighted by Gasteiger charge is 2.39. The van der Waals surface area contributed by atoms with Crippen molar-refractivity contribution in [2.24, 2.45) is 0 Å². The first-order valence-corrected chi connectivity index (χ1v) is 6.40. The van der Waals surface area contributed by atoms with E-state index in [0.29, 0.717) is 12.5 Å². The minimum Gasteiger partial charge on any atom is -0.355 e. The van der Waals surface area contributed by atoms with Gasteiger partial charge in [0, 0.05) is 19.0 Å². The molecule has 1 unspecified atom stereocenters. The van der Waals surface area contributed by atoms with Crippen LogP contribution in [0, 0.1) is 6.92 Å². The standard InChI is InChI=1S/C10H14N4OS/c1-6-12-13-10(16-6)11-7-4-9(15)14(5-7)8-2-3-8/h7-8H,2-5H2,1H3,(H,11,13). The van der Waals surface area contributed by atoms with E-state index in [1.165, 1.54) is 24.2 Å². The third kappa shape index (κ3) is 1.89. The SMILES string of the molecule is Cc1nnc(NC2CC(=O)N(C3CC3)C2)s1. The van der Waals surface area contributed by atoms with Gasteiger partial charge in [0.1, 0.15) is 5.01 Å². The lowest BCUT2D eigenvalue weighted by molar-refractivity contribution is -0.128. The van der Waals surface area contributed by atoms with Crippen molar-refractivity contribution in [1.29, 1.82) is 0 Å². The van der Waals surface area contributed by atoms with Gasteiger partial charge < -0.3 is 10.2 Å². The summed E-state index contributed by atoms with van der Waals surface area (Å²) in [6.07, 6.45) is 2.95. The Balaban J connectivity index is 1.62. The van der Waals surface area contributed by atoms with Gasteiger partial charge in [-0.25, -0.2) is 0 Å². The number of nitrogens with one attached hydrogen (secondary N) is 1. The van der Waals surface area contributed by atoms with Crippen molar-refractivity contribution in [3.05, 3.63) is 5.01 Å². The normalized spacial score (nSPS) is 25.2. The number of nitrogens with zero attached hydrogens (tertiary/aromatic N) is 3. The molecule has 1 aliphatic carbocycles. The van der Waals surface area contributed by atoms with Crippen LogP contribution in [0.1, 0.15) is 24.3 Å². The van der Waals surface area contributed by atoms with E-state index in [-0.39, 0.29) is 11.9 Å². The van der Waals surface area contributed by atoms with E-state index < -0.39 is 0 Å². The van der Waals surface area contributed by atoms with Crippen molar-refractivity contribution in [3.8, 4) is 0 Å². The van der Waals surface area contributed by atoms with Crippen molar-refractivity contribution < 1.29 is 4.79 Å². The third-order valence-electron chi connectivity index (χ3n) is 3.00. The van der Waals surface area contributed by atoms with Gasteiger partial charge in [0.05, 0.1) is 6.04 Å². The number of amides is 1. The molecule has 0 aromatic carbocycles. The summed E-state index contributed by atoms with van der Waals surface area (Å²) < 4.78 is 0. The zero-order chi connectivity index (χ0) is 11.1. The molecule has 1 saturated heterocycles. The molecule has 2 heterocycles. The van der Waals surface area contributed by atoms with E-state index in [4.69, 9.17) is 0 Å². The Kier molecular flexibility index (Phi) is 2.31. The fourth-order valence-electron chi connectivity index (χ4n) is 2.10. The number of aromatic nitrogens is 2. The molecule has 1 aromatic heterocycles. The fraction of sp³-hybridized carbons (Fsp3) is 0.700. The molecule has 2 aliphatic rings. The van der Waals surface area contributed by atoms with Gasteiger partial charge in [-0.2, -0.15) is 0 Å². The molecule has 5 nitrogen and oxygen atoms in total. The monoisotopic (exact) mass is 238 g/mol. The first-order valence-electron chi connectivity index (χ1n) is 5.58. The van der Waals surface area contributed by atoms with Gasteiger partial charge in [0.2, 0.25) is 11.0 Å². The summed E-state index contributed by atoms with van der Waals surface area (Å²) >= 11 is 1.54. The third-order valence-corrected chi connectivity index (χ3v) is 3.77. The summed E-state index contributed by atoms with van der Waals surface area (Å²) in [5.74, 6) is 0.279. The van der Waals surface area contributed by atoms with Gasteiger partial charge in [-0.15, -0.1) is 10.2 Å². The zero-order valence-electron chi connectivity index (χ0n) is 9.14. The first-order chi connectivity index (χ1) is 7.72. The van der Waals surface area contributed by atoms with E-state index in [1.54, 1.807) is 0 Å². The molecule has 0 spiro atoms. The Morgan fingerprint density at radius 2 is 2.25 bits per heavy atom. The molecule has 1 saturated carbocycles. The van der Waals surface area contributed by atoms with E-state index in [1.807, 2.05) is 11.8 Å². The molecule has 6 heteroatoms. The Morgan fingerprint density at radius 3 is 2.88 bits per heavy atom. The van der Waals surface area contributed by atoms with Crippen LogP contribution < -0.4 is 5.32 Å². The Hall–Kier alpha value is -1.17. The number of hydrogen-bond donors (Lipinski definition) is 1. The largest absolute Gasteiger partial charge is 0.355 e. The lowest BCUT2D eigenvalue weighted by Gasteiger charge is -2.15. The maximum atomic E-state index is 11.7. The van der Waals surface area contributed by atoms with Gasteiger partial charge in [0.25, 0.3) is 0 Å². The van der Waals surface area contributed by atoms with Crippen LogP contribution >= 0.6 is 11.3 Å². The summed E-state index contributed by atoms with van der Waals surface area (Å²) in [7, 11) is 0. The molecule has 0 bridgehead atoms. The van der Waals surface area contributed by atoms with Crippen molar-refractivity contribution in [3.63, 3.8) is 0 Å². The molecular formula is C10H14N4OS. The van der Waals surface area contributed by atoms with Gasteiger partial charge >= 0.3 is 0 Å². The van der Waals surface area contributed by atoms with E-state index >= 15 is 0 Å². The van der Waals surface area contributed by atoms with Crippen LogP contribution in [0.2, 0.25) is 0 Å². The van der Waals surface area contributed by atoms with E-state index in [2.05, 4.69) is 15.5 Å². The summed E-state index contributed by atoms with van der Waals surface area (Å²) in [4.78, 5) is 13.7. The summed E-state index contributed by atoms with van der Waals surface area (Å²) in [6, 6.07) is 0.732. The molecular weight excluding hydrogens is 224 g/mol. The van der Waals surface area contributed by atoms with Crippen LogP contribution in [-0.2, 0) is 4.79 Å².